The molecule has 0 aliphatic carbocycles. The first kappa shape index (κ1) is 21.1. The number of likely N-dealkylation sites (N-methyl/N-ethyl adjacent to an activating group) is 1. The Bertz CT molecular complexity index is 1000. The van der Waals surface area contributed by atoms with Gasteiger partial charge in [-0.1, -0.05) is 12.1 Å². The van der Waals surface area contributed by atoms with Crippen molar-refractivity contribution in [1.29, 1.82) is 0 Å². The van der Waals surface area contributed by atoms with E-state index >= 15 is 0 Å². The van der Waals surface area contributed by atoms with Crippen LogP contribution in [0.15, 0.2) is 41.3 Å². The topological polar surface area (TPSA) is 84.9 Å². The number of carbonyl (C=O) groups is 1. The molecule has 0 saturated heterocycles. The maximum atomic E-state index is 12.7. The van der Waals surface area contributed by atoms with Gasteiger partial charge in [-0.05, 0) is 61.2 Å². The number of nitrogens with one attached hydrogen (secondary N) is 1. The number of sulfonamides is 1. The van der Waals surface area contributed by atoms with Gasteiger partial charge in [-0.15, -0.1) is 0 Å². The number of fused-ring (bicyclic) bond motifs is 1. The van der Waals surface area contributed by atoms with Gasteiger partial charge in [0.05, 0.1) is 11.4 Å². The lowest BCUT2D eigenvalue weighted by atomic mass is 10.1. The number of benzene rings is 2. The third-order valence-corrected chi connectivity index (χ3v) is 6.69. The predicted octanol–water partition coefficient (Wildman–Crippen LogP) is 2.05. The van der Waals surface area contributed by atoms with Crippen molar-refractivity contribution in [3.63, 3.8) is 0 Å². The Kier molecular flexibility index (Phi) is 6.44. The van der Waals surface area contributed by atoms with E-state index in [9.17, 15) is 13.2 Å². The summed E-state index contributed by atoms with van der Waals surface area (Å²) < 4.78 is 37.5. The number of carbonyl (C=O) groups excluding carboxylic acids is 1. The third-order valence-electron chi connectivity index (χ3n) is 4.90. The van der Waals surface area contributed by atoms with Gasteiger partial charge in [0.15, 0.2) is 11.5 Å². The standard InChI is InChI=1S/C21H26N2O5S/c1-15-4-6-18(12-16(15)2)29(25,26)23(3)14-21(24)22-9-8-17-5-7-19-20(13-17)28-11-10-27-19/h4-7,12-13H,8-11,14H2,1-3H3,(H,22,24). The van der Waals surface area contributed by atoms with Crippen molar-refractivity contribution in [3.05, 3.63) is 53.1 Å². The van der Waals surface area contributed by atoms with E-state index in [1.54, 1.807) is 18.2 Å². The van der Waals surface area contributed by atoms with E-state index < -0.39 is 10.0 Å². The Labute approximate surface area is 171 Å². The van der Waals surface area contributed by atoms with Gasteiger partial charge in [0.2, 0.25) is 15.9 Å². The normalized spacial score (nSPS) is 13.4. The van der Waals surface area contributed by atoms with Crippen molar-refractivity contribution in [2.24, 2.45) is 0 Å². The summed E-state index contributed by atoms with van der Waals surface area (Å²) >= 11 is 0. The molecule has 3 rings (SSSR count). The van der Waals surface area contributed by atoms with Gasteiger partial charge in [0.1, 0.15) is 13.2 Å². The van der Waals surface area contributed by atoms with Gasteiger partial charge >= 0.3 is 0 Å². The number of nitrogens with zero attached hydrogens (tertiary/aromatic N) is 1. The minimum Gasteiger partial charge on any atom is -0.486 e. The van der Waals surface area contributed by atoms with Gasteiger partial charge in [-0.3, -0.25) is 4.79 Å². The van der Waals surface area contributed by atoms with E-state index in [0.29, 0.717) is 31.9 Å². The smallest absolute Gasteiger partial charge is 0.243 e. The predicted molar refractivity (Wildman–Crippen MR) is 110 cm³/mol. The zero-order valence-corrected chi connectivity index (χ0v) is 17.7. The fourth-order valence-electron chi connectivity index (χ4n) is 2.99. The molecule has 0 radical (unpaired) electrons. The van der Waals surface area contributed by atoms with Gasteiger partial charge in [-0.25, -0.2) is 8.42 Å². The van der Waals surface area contributed by atoms with Crippen LogP contribution < -0.4 is 14.8 Å². The molecule has 0 saturated carbocycles. The number of ether oxygens (including phenoxy) is 2. The number of aryl methyl sites for hydroxylation is 2. The molecule has 1 N–H and O–H groups in total. The molecule has 0 aromatic heterocycles. The van der Waals surface area contributed by atoms with Crippen molar-refractivity contribution in [1.82, 2.24) is 9.62 Å². The summed E-state index contributed by atoms with van der Waals surface area (Å²) in [6.07, 6.45) is 0.607. The van der Waals surface area contributed by atoms with Gasteiger partial charge in [0.25, 0.3) is 0 Å². The summed E-state index contributed by atoms with van der Waals surface area (Å²) in [6, 6.07) is 10.6. The van der Waals surface area contributed by atoms with Crippen LogP contribution in [0.1, 0.15) is 16.7 Å². The van der Waals surface area contributed by atoms with Crippen LogP contribution in [-0.4, -0.2) is 52.0 Å². The van der Waals surface area contributed by atoms with Gasteiger partial charge in [0, 0.05) is 13.6 Å². The van der Waals surface area contributed by atoms with Crippen LogP contribution in [0.25, 0.3) is 0 Å². The lowest BCUT2D eigenvalue weighted by Gasteiger charge is -2.19. The van der Waals surface area contributed by atoms with E-state index in [2.05, 4.69) is 5.32 Å². The maximum absolute atomic E-state index is 12.7. The minimum absolute atomic E-state index is 0.187. The average Bonchev–Trinajstić information content (AvgIpc) is 2.69. The molecule has 1 aliphatic heterocycles. The molecular weight excluding hydrogens is 392 g/mol. The number of amides is 1. The zero-order chi connectivity index (χ0) is 21.0. The third kappa shape index (κ3) is 5.07. The highest BCUT2D eigenvalue weighted by molar-refractivity contribution is 7.89. The SMILES string of the molecule is Cc1ccc(S(=O)(=O)N(C)CC(=O)NCCc2ccc3c(c2)OCCO3)cc1C. The second kappa shape index (κ2) is 8.84. The van der Waals surface area contributed by atoms with Gasteiger partial charge in [-0.2, -0.15) is 4.31 Å². The summed E-state index contributed by atoms with van der Waals surface area (Å²) in [5, 5.41) is 2.77. The Balaban J connectivity index is 1.52. The summed E-state index contributed by atoms with van der Waals surface area (Å²) in [5.74, 6) is 1.08. The highest BCUT2D eigenvalue weighted by atomic mass is 32.2. The molecule has 1 amide bonds. The van der Waals surface area contributed by atoms with Crippen LogP contribution in [-0.2, 0) is 21.2 Å². The largest absolute Gasteiger partial charge is 0.486 e. The van der Waals surface area contributed by atoms with Crippen LogP contribution in [0.5, 0.6) is 11.5 Å². The van der Waals surface area contributed by atoms with E-state index in [1.807, 2.05) is 32.0 Å². The molecule has 2 aromatic carbocycles. The average molecular weight is 419 g/mol. The highest BCUT2D eigenvalue weighted by Gasteiger charge is 2.23. The molecule has 156 valence electrons. The van der Waals surface area contributed by atoms with E-state index in [4.69, 9.17) is 9.47 Å². The van der Waals surface area contributed by atoms with Crippen molar-refractivity contribution in [2.45, 2.75) is 25.2 Å². The molecule has 0 atom stereocenters. The number of rotatable bonds is 7. The van der Waals surface area contributed by atoms with Crippen LogP contribution in [0.2, 0.25) is 0 Å². The van der Waals surface area contributed by atoms with Crippen molar-refractivity contribution in [2.75, 3.05) is 33.4 Å². The minimum atomic E-state index is -3.72. The van der Waals surface area contributed by atoms with Crippen LogP contribution in [0, 0.1) is 13.8 Å². The van der Waals surface area contributed by atoms with Gasteiger partial charge < -0.3 is 14.8 Å². The maximum Gasteiger partial charge on any atom is 0.243 e. The molecular formula is C21H26N2O5S. The fourth-order valence-corrected chi connectivity index (χ4v) is 4.20. The monoisotopic (exact) mass is 418 g/mol. The van der Waals surface area contributed by atoms with Crippen LogP contribution in [0.3, 0.4) is 0 Å². The second-order valence-corrected chi connectivity index (χ2v) is 9.13. The quantitative estimate of drug-likeness (QED) is 0.744. The van der Waals surface area contributed by atoms with Crippen molar-refractivity contribution >= 4 is 15.9 Å². The van der Waals surface area contributed by atoms with E-state index in [1.165, 1.54) is 7.05 Å². The molecule has 2 aromatic rings. The Morgan fingerprint density at radius 2 is 1.76 bits per heavy atom. The van der Waals surface area contributed by atoms with Crippen molar-refractivity contribution in [3.8, 4) is 11.5 Å². The molecule has 0 bridgehead atoms. The molecule has 0 fully saturated rings. The Hall–Kier alpha value is -2.58. The lowest BCUT2D eigenvalue weighted by molar-refractivity contribution is -0.121. The van der Waals surface area contributed by atoms with E-state index in [-0.39, 0.29) is 17.3 Å². The first-order valence-electron chi connectivity index (χ1n) is 9.46. The number of hydrogen-bond acceptors (Lipinski definition) is 5. The summed E-state index contributed by atoms with van der Waals surface area (Å²) in [7, 11) is -2.31. The van der Waals surface area contributed by atoms with Crippen LogP contribution >= 0.6 is 0 Å². The molecule has 29 heavy (non-hydrogen) atoms. The van der Waals surface area contributed by atoms with Crippen molar-refractivity contribution < 1.29 is 22.7 Å². The molecule has 7 nitrogen and oxygen atoms in total. The molecule has 1 heterocycles. The summed E-state index contributed by atoms with van der Waals surface area (Å²) in [4.78, 5) is 12.4. The summed E-state index contributed by atoms with van der Waals surface area (Å²) in [6.45, 7) is 5.01. The first-order chi connectivity index (χ1) is 13.8. The number of hydrogen-bond donors (Lipinski definition) is 1. The highest BCUT2D eigenvalue weighted by Crippen LogP contribution is 2.30. The Morgan fingerprint density at radius 3 is 2.48 bits per heavy atom. The zero-order valence-electron chi connectivity index (χ0n) is 16.9. The molecule has 0 spiro atoms. The second-order valence-electron chi connectivity index (χ2n) is 7.09. The summed E-state index contributed by atoms with van der Waals surface area (Å²) in [5.41, 5.74) is 2.91. The lowest BCUT2D eigenvalue weighted by Crippen LogP contribution is -2.39. The molecule has 1 aliphatic rings. The molecule has 0 unspecified atom stereocenters. The van der Waals surface area contributed by atoms with E-state index in [0.717, 1.165) is 26.7 Å². The van der Waals surface area contributed by atoms with Crippen LogP contribution in [0.4, 0.5) is 0 Å². The Morgan fingerprint density at radius 1 is 1.03 bits per heavy atom. The molecule has 8 heteroatoms. The first-order valence-corrected chi connectivity index (χ1v) is 10.9. The fraction of sp³-hybridized carbons (Fsp3) is 0.381.